The summed E-state index contributed by atoms with van der Waals surface area (Å²) in [6.07, 6.45) is 1.69. The van der Waals surface area contributed by atoms with Gasteiger partial charge in [0.25, 0.3) is 0 Å². The molecular weight excluding hydrogens is 298 g/mol. The summed E-state index contributed by atoms with van der Waals surface area (Å²) in [5.41, 5.74) is 0.908. The number of carbonyl (C=O) groups is 3. The van der Waals surface area contributed by atoms with Crippen LogP contribution in [-0.2, 0) is 9.59 Å². The van der Waals surface area contributed by atoms with Gasteiger partial charge in [-0.15, -0.1) is 0 Å². The minimum Gasteiger partial charge on any atom is -0.505 e. The van der Waals surface area contributed by atoms with E-state index in [-0.39, 0.29) is 29.6 Å². The van der Waals surface area contributed by atoms with E-state index in [1.807, 2.05) is 13.8 Å². The number of piperidine rings is 1. The molecule has 1 saturated heterocycles. The molecule has 1 heterocycles. The summed E-state index contributed by atoms with van der Waals surface area (Å²) in [6.45, 7) is 3.93. The average Bonchev–Trinajstić information content (AvgIpc) is 2.50. The second-order valence-corrected chi connectivity index (χ2v) is 5.45. The van der Waals surface area contributed by atoms with Crippen LogP contribution < -0.4 is 16.0 Å². The fourth-order valence-corrected chi connectivity index (χ4v) is 2.05. The van der Waals surface area contributed by atoms with E-state index in [4.69, 9.17) is 0 Å². The van der Waals surface area contributed by atoms with Gasteiger partial charge in [0.05, 0.1) is 17.3 Å². The smallest absolute Gasteiger partial charge is 0.243 e. The fraction of sp³-hybridized carbons (Fsp3) is 0.438. The topological polar surface area (TPSA) is 108 Å². The lowest BCUT2D eigenvalue weighted by Gasteiger charge is -2.19. The molecule has 1 aromatic carbocycles. The van der Waals surface area contributed by atoms with Crippen molar-refractivity contribution >= 4 is 23.8 Å². The highest BCUT2D eigenvalue weighted by atomic mass is 16.3. The summed E-state index contributed by atoms with van der Waals surface area (Å²) in [5.74, 6) is -0.360. The number of hydrogen-bond acceptors (Lipinski definition) is 6. The predicted molar refractivity (Wildman–Crippen MR) is 87.5 cm³/mol. The van der Waals surface area contributed by atoms with Crippen LogP contribution in [0.5, 0.6) is 5.75 Å². The van der Waals surface area contributed by atoms with Crippen molar-refractivity contribution in [3.05, 3.63) is 23.8 Å². The van der Waals surface area contributed by atoms with Crippen LogP contribution in [0, 0.1) is 0 Å². The van der Waals surface area contributed by atoms with Gasteiger partial charge in [-0.05, 0) is 39.4 Å². The molecule has 1 aliphatic rings. The number of aromatic hydroxyl groups is 1. The third-order valence-corrected chi connectivity index (χ3v) is 3.23. The van der Waals surface area contributed by atoms with E-state index in [1.165, 1.54) is 0 Å². The van der Waals surface area contributed by atoms with Crippen molar-refractivity contribution in [2.45, 2.75) is 38.8 Å². The van der Waals surface area contributed by atoms with E-state index in [2.05, 4.69) is 16.0 Å². The largest absolute Gasteiger partial charge is 0.505 e. The molecule has 0 aromatic heterocycles. The Morgan fingerprint density at radius 1 is 1.35 bits per heavy atom. The van der Waals surface area contributed by atoms with Gasteiger partial charge >= 0.3 is 0 Å². The fourth-order valence-electron chi connectivity index (χ4n) is 2.05. The molecule has 126 valence electrons. The number of likely N-dealkylation sites (N-methyl/N-ethyl adjacent to an activating group) is 1. The zero-order valence-electron chi connectivity index (χ0n) is 13.6. The number of para-hydroxylation sites is 1. The standard InChI is InChI=1S/C10H13NO2.C6H10N2O2/c1-7(2)11-9-5-3-4-8(6-12)10(9)13;1-7-4-2-3-5(9)8-6(4)10/h3-7,11,13H,1-2H3;4,7H,2-3H2,1H3,(H,8,9,10). The van der Waals surface area contributed by atoms with Crippen LogP contribution in [0.1, 0.15) is 37.0 Å². The highest BCUT2D eigenvalue weighted by Gasteiger charge is 2.24. The molecule has 1 unspecified atom stereocenters. The van der Waals surface area contributed by atoms with Gasteiger partial charge in [-0.3, -0.25) is 19.7 Å². The molecule has 0 saturated carbocycles. The number of amides is 2. The predicted octanol–water partition coefficient (Wildman–Crippen LogP) is 1.04. The summed E-state index contributed by atoms with van der Waals surface area (Å²) < 4.78 is 0. The Hall–Kier alpha value is -2.41. The Balaban J connectivity index is 0.000000238. The quantitative estimate of drug-likeness (QED) is 0.375. The molecule has 7 heteroatoms. The number of phenolic OH excluding ortho intramolecular Hbond substituents is 1. The van der Waals surface area contributed by atoms with E-state index in [1.54, 1.807) is 25.2 Å². The maximum absolute atomic E-state index is 10.8. The van der Waals surface area contributed by atoms with E-state index < -0.39 is 0 Å². The first-order valence-electron chi connectivity index (χ1n) is 7.43. The first-order chi connectivity index (χ1) is 10.9. The van der Waals surface area contributed by atoms with Gasteiger partial charge < -0.3 is 15.7 Å². The molecule has 1 aliphatic heterocycles. The highest BCUT2D eigenvalue weighted by molar-refractivity contribution is 6.00. The summed E-state index contributed by atoms with van der Waals surface area (Å²) in [7, 11) is 1.71. The Labute approximate surface area is 135 Å². The molecule has 0 spiro atoms. The van der Waals surface area contributed by atoms with Crippen LogP contribution in [0.4, 0.5) is 5.69 Å². The molecule has 1 fully saturated rings. The Morgan fingerprint density at radius 2 is 2.04 bits per heavy atom. The molecule has 0 aliphatic carbocycles. The number of nitrogens with one attached hydrogen (secondary N) is 3. The molecule has 2 amide bonds. The molecule has 4 N–H and O–H groups in total. The highest BCUT2D eigenvalue weighted by Crippen LogP contribution is 2.26. The molecule has 1 aromatic rings. The Kier molecular flexibility index (Phi) is 7.21. The monoisotopic (exact) mass is 321 g/mol. The second kappa shape index (κ2) is 8.89. The van der Waals surface area contributed by atoms with Gasteiger partial charge in [0.15, 0.2) is 6.29 Å². The van der Waals surface area contributed by atoms with Crippen LogP contribution >= 0.6 is 0 Å². The van der Waals surface area contributed by atoms with Gasteiger partial charge in [0.2, 0.25) is 11.8 Å². The maximum atomic E-state index is 10.8. The lowest BCUT2D eigenvalue weighted by atomic mass is 10.1. The molecule has 7 nitrogen and oxygen atoms in total. The van der Waals surface area contributed by atoms with Crippen LogP contribution in [0.25, 0.3) is 0 Å². The third-order valence-electron chi connectivity index (χ3n) is 3.23. The van der Waals surface area contributed by atoms with Gasteiger partial charge in [-0.25, -0.2) is 0 Å². The summed E-state index contributed by atoms with van der Waals surface area (Å²) in [5, 5.41) is 17.6. The van der Waals surface area contributed by atoms with Crippen molar-refractivity contribution in [3.8, 4) is 5.75 Å². The third kappa shape index (κ3) is 5.71. The normalized spacial score (nSPS) is 17.1. The van der Waals surface area contributed by atoms with Gasteiger partial charge in [0.1, 0.15) is 5.75 Å². The molecular formula is C16H23N3O4. The molecule has 0 radical (unpaired) electrons. The van der Waals surface area contributed by atoms with Crippen molar-refractivity contribution in [3.63, 3.8) is 0 Å². The summed E-state index contributed by atoms with van der Waals surface area (Å²) >= 11 is 0. The lowest BCUT2D eigenvalue weighted by molar-refractivity contribution is -0.134. The van der Waals surface area contributed by atoms with E-state index in [0.29, 0.717) is 30.4 Å². The minimum atomic E-state index is -0.209. The van der Waals surface area contributed by atoms with Crippen molar-refractivity contribution in [2.24, 2.45) is 0 Å². The number of aldehydes is 1. The number of hydrogen-bond donors (Lipinski definition) is 4. The number of benzene rings is 1. The molecule has 0 bridgehead atoms. The van der Waals surface area contributed by atoms with Crippen LogP contribution in [0.15, 0.2) is 18.2 Å². The zero-order valence-corrected chi connectivity index (χ0v) is 13.6. The van der Waals surface area contributed by atoms with Crippen molar-refractivity contribution in [2.75, 3.05) is 12.4 Å². The zero-order chi connectivity index (χ0) is 17.4. The Bertz CT molecular complexity index is 572. The first-order valence-corrected chi connectivity index (χ1v) is 7.43. The number of carbonyl (C=O) groups excluding carboxylic acids is 3. The minimum absolute atomic E-state index is 0.0196. The number of imide groups is 1. The molecule has 2 rings (SSSR count). The Morgan fingerprint density at radius 3 is 2.57 bits per heavy atom. The van der Waals surface area contributed by atoms with Gasteiger partial charge in [-0.1, -0.05) is 6.07 Å². The van der Waals surface area contributed by atoms with Crippen molar-refractivity contribution in [1.29, 1.82) is 0 Å². The van der Waals surface area contributed by atoms with Gasteiger partial charge in [0, 0.05) is 12.5 Å². The maximum Gasteiger partial charge on any atom is 0.243 e. The van der Waals surface area contributed by atoms with Crippen molar-refractivity contribution < 1.29 is 19.5 Å². The second-order valence-electron chi connectivity index (χ2n) is 5.45. The number of rotatable bonds is 4. The number of phenols is 1. The summed E-state index contributed by atoms with van der Waals surface area (Å²) in [6, 6.07) is 5.09. The lowest BCUT2D eigenvalue weighted by Crippen LogP contribution is -2.49. The van der Waals surface area contributed by atoms with Crippen molar-refractivity contribution in [1.82, 2.24) is 10.6 Å². The van der Waals surface area contributed by atoms with Crippen LogP contribution in [0.3, 0.4) is 0 Å². The first kappa shape index (κ1) is 18.6. The van der Waals surface area contributed by atoms with E-state index in [9.17, 15) is 19.5 Å². The van der Waals surface area contributed by atoms with Gasteiger partial charge in [-0.2, -0.15) is 0 Å². The number of anilines is 1. The van der Waals surface area contributed by atoms with Crippen LogP contribution in [0.2, 0.25) is 0 Å². The average molecular weight is 321 g/mol. The summed E-state index contributed by atoms with van der Waals surface area (Å²) in [4.78, 5) is 31.9. The molecule has 23 heavy (non-hydrogen) atoms. The SMILES string of the molecule is CC(C)Nc1cccc(C=O)c1O.CNC1CCC(=O)NC1=O. The van der Waals surface area contributed by atoms with Crippen LogP contribution in [-0.4, -0.2) is 42.3 Å². The molecule has 1 atom stereocenters. The van der Waals surface area contributed by atoms with E-state index in [0.717, 1.165) is 0 Å². The van der Waals surface area contributed by atoms with E-state index >= 15 is 0 Å².